The minimum Gasteiger partial charge on any atom is -0.493 e. The molecule has 0 aliphatic carbocycles. The highest BCUT2D eigenvalue weighted by atomic mass is 19.3. The second-order valence-electron chi connectivity index (χ2n) is 3.81. The highest BCUT2D eigenvalue weighted by Crippen LogP contribution is 2.30. The molecule has 0 aliphatic heterocycles. The van der Waals surface area contributed by atoms with Gasteiger partial charge in [0.2, 0.25) is 0 Å². The Balaban J connectivity index is 2.98. The van der Waals surface area contributed by atoms with Crippen molar-refractivity contribution in [2.75, 3.05) is 20.7 Å². The first-order chi connectivity index (χ1) is 8.56. The van der Waals surface area contributed by atoms with Gasteiger partial charge in [-0.3, -0.25) is 0 Å². The standard InChI is InChI=1S/C13H17F2NO2/c1-9(8-16-2)6-10-4-5-11(17-3)12(7-10)18-13(14)15/h4-7,13,16H,8H2,1-3H3. The maximum absolute atomic E-state index is 12.2. The molecule has 5 heteroatoms. The molecule has 0 saturated carbocycles. The molecule has 1 aromatic carbocycles. The molecule has 0 radical (unpaired) electrons. The smallest absolute Gasteiger partial charge is 0.387 e. The lowest BCUT2D eigenvalue weighted by atomic mass is 10.1. The second kappa shape index (κ2) is 6.96. The normalized spacial score (nSPS) is 11.8. The highest BCUT2D eigenvalue weighted by Gasteiger charge is 2.10. The van der Waals surface area contributed by atoms with Gasteiger partial charge in [-0.05, 0) is 31.7 Å². The van der Waals surface area contributed by atoms with Crippen molar-refractivity contribution in [1.29, 1.82) is 0 Å². The molecule has 0 aliphatic rings. The van der Waals surface area contributed by atoms with Crippen LogP contribution in [0.4, 0.5) is 8.78 Å². The van der Waals surface area contributed by atoms with Crippen LogP contribution in [0.3, 0.4) is 0 Å². The summed E-state index contributed by atoms with van der Waals surface area (Å²) < 4.78 is 33.9. The first-order valence-electron chi connectivity index (χ1n) is 5.51. The second-order valence-corrected chi connectivity index (χ2v) is 3.81. The molecule has 0 atom stereocenters. The van der Waals surface area contributed by atoms with E-state index in [0.29, 0.717) is 5.75 Å². The van der Waals surface area contributed by atoms with Crippen LogP contribution in [0.2, 0.25) is 0 Å². The molecule has 0 saturated heterocycles. The molecule has 1 aromatic rings. The quantitative estimate of drug-likeness (QED) is 0.850. The van der Waals surface area contributed by atoms with Gasteiger partial charge >= 0.3 is 6.61 Å². The van der Waals surface area contributed by atoms with Crippen molar-refractivity contribution < 1.29 is 18.3 Å². The largest absolute Gasteiger partial charge is 0.493 e. The van der Waals surface area contributed by atoms with Gasteiger partial charge in [-0.2, -0.15) is 8.78 Å². The van der Waals surface area contributed by atoms with Gasteiger partial charge in [-0.25, -0.2) is 0 Å². The fraction of sp³-hybridized carbons (Fsp3) is 0.385. The Morgan fingerprint density at radius 3 is 2.67 bits per heavy atom. The van der Waals surface area contributed by atoms with E-state index < -0.39 is 6.61 Å². The summed E-state index contributed by atoms with van der Waals surface area (Å²) in [6.07, 6.45) is 1.90. The Hall–Kier alpha value is -1.62. The van der Waals surface area contributed by atoms with Gasteiger partial charge in [0.05, 0.1) is 7.11 Å². The van der Waals surface area contributed by atoms with Crippen LogP contribution in [0.15, 0.2) is 23.8 Å². The molecule has 0 aromatic heterocycles. The fourth-order valence-electron chi connectivity index (χ4n) is 1.59. The molecule has 100 valence electrons. The summed E-state index contributed by atoms with van der Waals surface area (Å²) in [5, 5.41) is 3.01. The van der Waals surface area contributed by atoms with Crippen molar-refractivity contribution >= 4 is 6.08 Å². The maximum Gasteiger partial charge on any atom is 0.387 e. The number of likely N-dealkylation sites (N-methyl/N-ethyl adjacent to an activating group) is 1. The summed E-state index contributed by atoms with van der Waals surface area (Å²) in [4.78, 5) is 0. The van der Waals surface area contributed by atoms with Crippen molar-refractivity contribution in [2.24, 2.45) is 0 Å². The maximum atomic E-state index is 12.2. The van der Waals surface area contributed by atoms with Gasteiger partial charge in [-0.15, -0.1) is 0 Å². The Bertz CT molecular complexity index is 419. The number of hydrogen-bond donors (Lipinski definition) is 1. The summed E-state index contributed by atoms with van der Waals surface area (Å²) in [7, 11) is 3.26. The van der Waals surface area contributed by atoms with Crippen molar-refractivity contribution in [3.63, 3.8) is 0 Å². The topological polar surface area (TPSA) is 30.5 Å². The number of benzene rings is 1. The van der Waals surface area contributed by atoms with Crippen molar-refractivity contribution in [3.05, 3.63) is 29.3 Å². The van der Waals surface area contributed by atoms with Gasteiger partial charge in [0.25, 0.3) is 0 Å². The zero-order valence-electron chi connectivity index (χ0n) is 10.7. The van der Waals surface area contributed by atoms with Crippen molar-refractivity contribution in [2.45, 2.75) is 13.5 Å². The SMILES string of the molecule is CNCC(C)=Cc1ccc(OC)c(OC(F)F)c1. The molecule has 0 amide bonds. The molecule has 0 bridgehead atoms. The summed E-state index contributed by atoms with van der Waals surface area (Å²) >= 11 is 0. The van der Waals surface area contributed by atoms with Gasteiger partial charge in [0, 0.05) is 6.54 Å². The Kier molecular flexibility index (Phi) is 5.58. The predicted molar refractivity (Wildman–Crippen MR) is 67.2 cm³/mol. The molecule has 0 fully saturated rings. The summed E-state index contributed by atoms with van der Waals surface area (Å²) in [5.41, 5.74) is 1.88. The van der Waals surface area contributed by atoms with Crippen LogP contribution in [0, 0.1) is 0 Å². The molecule has 1 N–H and O–H groups in total. The van der Waals surface area contributed by atoms with E-state index >= 15 is 0 Å². The zero-order chi connectivity index (χ0) is 13.5. The van der Waals surface area contributed by atoms with Crippen LogP contribution < -0.4 is 14.8 Å². The lowest BCUT2D eigenvalue weighted by molar-refractivity contribution is -0.0512. The van der Waals surface area contributed by atoms with E-state index in [-0.39, 0.29) is 5.75 Å². The monoisotopic (exact) mass is 257 g/mol. The molecule has 0 unspecified atom stereocenters. The number of hydrogen-bond acceptors (Lipinski definition) is 3. The third-order valence-corrected chi connectivity index (χ3v) is 2.27. The van der Waals surface area contributed by atoms with E-state index in [1.807, 2.05) is 20.0 Å². The first-order valence-corrected chi connectivity index (χ1v) is 5.51. The number of rotatable bonds is 6. The average Bonchev–Trinajstić information content (AvgIpc) is 2.28. The van der Waals surface area contributed by atoms with Crippen LogP contribution in [0.5, 0.6) is 11.5 Å². The van der Waals surface area contributed by atoms with Crippen LogP contribution in [0.1, 0.15) is 12.5 Å². The molecule has 0 spiro atoms. The third-order valence-electron chi connectivity index (χ3n) is 2.27. The molecule has 0 heterocycles. The predicted octanol–water partition coefficient (Wildman–Crippen LogP) is 2.92. The highest BCUT2D eigenvalue weighted by molar-refractivity contribution is 5.58. The third kappa shape index (κ3) is 4.33. The Labute approximate surface area is 105 Å². The van der Waals surface area contributed by atoms with Crippen LogP contribution in [0.25, 0.3) is 6.08 Å². The molecule has 18 heavy (non-hydrogen) atoms. The van der Waals surface area contributed by atoms with Crippen LogP contribution >= 0.6 is 0 Å². The molecular formula is C13H17F2NO2. The van der Waals surface area contributed by atoms with E-state index in [1.165, 1.54) is 13.2 Å². The summed E-state index contributed by atoms with van der Waals surface area (Å²) in [5.74, 6) is 0.331. The van der Waals surface area contributed by atoms with E-state index in [4.69, 9.17) is 4.74 Å². The van der Waals surface area contributed by atoms with Crippen LogP contribution in [-0.2, 0) is 0 Å². The Morgan fingerprint density at radius 1 is 1.39 bits per heavy atom. The lowest BCUT2D eigenvalue weighted by Crippen LogP contribution is -2.08. The van der Waals surface area contributed by atoms with E-state index in [1.54, 1.807) is 12.1 Å². The van der Waals surface area contributed by atoms with E-state index in [9.17, 15) is 8.78 Å². The number of ether oxygens (including phenoxy) is 2. The average molecular weight is 257 g/mol. The van der Waals surface area contributed by atoms with E-state index in [0.717, 1.165) is 17.7 Å². The summed E-state index contributed by atoms with van der Waals surface area (Å²) in [6.45, 7) is -0.178. The zero-order valence-corrected chi connectivity index (χ0v) is 10.7. The fourth-order valence-corrected chi connectivity index (χ4v) is 1.59. The van der Waals surface area contributed by atoms with Crippen molar-refractivity contribution in [1.82, 2.24) is 5.32 Å². The minimum absolute atomic E-state index is 0.0403. The van der Waals surface area contributed by atoms with Crippen molar-refractivity contribution in [3.8, 4) is 11.5 Å². The molecular weight excluding hydrogens is 240 g/mol. The van der Waals surface area contributed by atoms with Gasteiger partial charge in [0.1, 0.15) is 0 Å². The molecule has 3 nitrogen and oxygen atoms in total. The number of alkyl halides is 2. The lowest BCUT2D eigenvalue weighted by Gasteiger charge is -2.10. The molecule has 1 rings (SSSR count). The van der Waals surface area contributed by atoms with Gasteiger partial charge in [0.15, 0.2) is 11.5 Å². The summed E-state index contributed by atoms with van der Waals surface area (Å²) in [6, 6.07) is 4.93. The number of halogens is 2. The first kappa shape index (κ1) is 14.4. The minimum atomic E-state index is -2.86. The van der Waals surface area contributed by atoms with E-state index in [2.05, 4.69) is 10.1 Å². The van der Waals surface area contributed by atoms with Gasteiger partial charge in [-0.1, -0.05) is 17.7 Å². The Morgan fingerprint density at radius 2 is 2.11 bits per heavy atom. The van der Waals surface area contributed by atoms with Crippen LogP contribution in [-0.4, -0.2) is 27.3 Å². The van der Waals surface area contributed by atoms with Gasteiger partial charge < -0.3 is 14.8 Å². The number of nitrogens with one attached hydrogen (secondary N) is 1. The number of methoxy groups -OCH3 is 1.